The molecule has 0 fully saturated rings. The molecule has 0 spiro atoms. The van der Waals surface area contributed by atoms with Gasteiger partial charge >= 0.3 is 5.97 Å². The number of benzene rings is 2. The van der Waals surface area contributed by atoms with Gasteiger partial charge in [-0.05, 0) is 35.4 Å². The van der Waals surface area contributed by atoms with Crippen LogP contribution in [0.1, 0.15) is 21.5 Å². The minimum absolute atomic E-state index is 0.274. The number of carboxylic acids is 1. The van der Waals surface area contributed by atoms with Gasteiger partial charge in [0.05, 0.1) is 5.56 Å². The molecule has 0 saturated carbocycles. The largest absolute Gasteiger partial charge is 0.478 e. The Morgan fingerprint density at radius 1 is 0.905 bits per heavy atom. The Morgan fingerprint density at radius 2 is 1.48 bits per heavy atom. The minimum atomic E-state index is -1.33. The number of carbonyl (C=O) groups is 1. The molecule has 0 atom stereocenters. The molecule has 0 bridgehead atoms. The Bertz CT molecular complexity index is 674. The zero-order chi connectivity index (χ0) is 15.4. The van der Waals surface area contributed by atoms with Crippen LogP contribution in [0.25, 0.3) is 0 Å². The fraction of sp³-hybridized carbons (Fsp3) is 0.133. The van der Waals surface area contributed by atoms with Gasteiger partial charge in [-0.3, -0.25) is 0 Å². The van der Waals surface area contributed by atoms with Gasteiger partial charge in [0, 0.05) is 13.1 Å². The lowest BCUT2D eigenvalue weighted by molar-refractivity contribution is 0.0692. The van der Waals surface area contributed by atoms with E-state index in [0.717, 1.165) is 18.2 Å². The summed E-state index contributed by atoms with van der Waals surface area (Å²) < 4.78 is 39.2. The van der Waals surface area contributed by atoms with Gasteiger partial charge in [-0.1, -0.05) is 12.1 Å². The van der Waals surface area contributed by atoms with Gasteiger partial charge in [0.15, 0.2) is 11.6 Å². The normalized spacial score (nSPS) is 10.6. The standard InChI is InChI=1S/C15H12F3NO2/c16-12-4-2-10(6-14(12)18)8-19-7-9-1-3-11(15(20)21)13(17)5-9/h1-6,19H,7-8H2,(H,20,21). The zero-order valence-electron chi connectivity index (χ0n) is 10.9. The number of aromatic carboxylic acids is 1. The topological polar surface area (TPSA) is 49.3 Å². The van der Waals surface area contributed by atoms with E-state index in [1.54, 1.807) is 0 Å². The summed E-state index contributed by atoms with van der Waals surface area (Å²) in [5.74, 6) is -3.97. The van der Waals surface area contributed by atoms with Gasteiger partial charge < -0.3 is 10.4 Å². The fourth-order valence-corrected chi connectivity index (χ4v) is 1.84. The van der Waals surface area contributed by atoms with Crippen LogP contribution in [-0.4, -0.2) is 11.1 Å². The summed E-state index contributed by atoms with van der Waals surface area (Å²) in [5, 5.41) is 11.6. The summed E-state index contributed by atoms with van der Waals surface area (Å²) in [6.07, 6.45) is 0. The third-order valence-corrected chi connectivity index (χ3v) is 2.91. The van der Waals surface area contributed by atoms with Crippen LogP contribution >= 0.6 is 0 Å². The maximum atomic E-state index is 13.4. The van der Waals surface area contributed by atoms with Crippen LogP contribution in [0, 0.1) is 17.5 Å². The highest BCUT2D eigenvalue weighted by Crippen LogP contribution is 2.11. The summed E-state index contributed by atoms with van der Waals surface area (Å²) in [4.78, 5) is 10.7. The van der Waals surface area contributed by atoms with Gasteiger partial charge in [-0.15, -0.1) is 0 Å². The summed E-state index contributed by atoms with van der Waals surface area (Å²) in [6, 6.07) is 7.36. The Morgan fingerprint density at radius 3 is 2.00 bits per heavy atom. The van der Waals surface area contributed by atoms with E-state index in [0.29, 0.717) is 11.1 Å². The predicted octanol–water partition coefficient (Wildman–Crippen LogP) is 3.09. The molecular weight excluding hydrogens is 283 g/mol. The molecule has 0 aromatic heterocycles. The first-order valence-corrected chi connectivity index (χ1v) is 6.13. The SMILES string of the molecule is O=C(O)c1ccc(CNCc2ccc(F)c(F)c2)cc1F. The second-order valence-corrected chi connectivity index (χ2v) is 4.47. The van der Waals surface area contributed by atoms with Crippen LogP contribution in [0.5, 0.6) is 0 Å². The molecule has 6 heteroatoms. The third-order valence-electron chi connectivity index (χ3n) is 2.91. The fourth-order valence-electron chi connectivity index (χ4n) is 1.84. The molecule has 2 rings (SSSR count). The summed E-state index contributed by atoms with van der Waals surface area (Å²) in [7, 11) is 0. The molecule has 0 aliphatic rings. The number of halogens is 3. The minimum Gasteiger partial charge on any atom is -0.478 e. The van der Waals surface area contributed by atoms with E-state index >= 15 is 0 Å². The molecule has 2 N–H and O–H groups in total. The van der Waals surface area contributed by atoms with Crippen molar-refractivity contribution in [3.8, 4) is 0 Å². The molecule has 21 heavy (non-hydrogen) atoms. The molecule has 0 unspecified atom stereocenters. The van der Waals surface area contributed by atoms with Crippen molar-refractivity contribution >= 4 is 5.97 Å². The van der Waals surface area contributed by atoms with E-state index in [9.17, 15) is 18.0 Å². The second kappa shape index (κ2) is 6.41. The maximum Gasteiger partial charge on any atom is 0.338 e. The second-order valence-electron chi connectivity index (χ2n) is 4.47. The Hall–Kier alpha value is -2.34. The van der Waals surface area contributed by atoms with Crippen molar-refractivity contribution in [3.63, 3.8) is 0 Å². The first kappa shape index (κ1) is 15.1. The average Bonchev–Trinajstić information content (AvgIpc) is 2.42. The molecule has 3 nitrogen and oxygen atoms in total. The summed E-state index contributed by atoms with van der Waals surface area (Å²) in [5.41, 5.74) is 0.718. The first-order valence-electron chi connectivity index (χ1n) is 6.13. The quantitative estimate of drug-likeness (QED) is 0.891. The average molecular weight is 295 g/mol. The molecule has 0 saturated heterocycles. The van der Waals surface area contributed by atoms with Crippen molar-refractivity contribution < 1.29 is 23.1 Å². The Kier molecular flexibility index (Phi) is 4.59. The highest BCUT2D eigenvalue weighted by atomic mass is 19.2. The molecule has 0 radical (unpaired) electrons. The van der Waals surface area contributed by atoms with E-state index in [-0.39, 0.29) is 18.7 Å². The van der Waals surface area contributed by atoms with Crippen LogP contribution in [0.15, 0.2) is 36.4 Å². The van der Waals surface area contributed by atoms with Crippen LogP contribution in [0.2, 0.25) is 0 Å². The maximum absolute atomic E-state index is 13.4. The van der Waals surface area contributed by atoms with Crippen LogP contribution in [0.3, 0.4) is 0 Å². The van der Waals surface area contributed by atoms with Crippen molar-refractivity contribution in [2.24, 2.45) is 0 Å². The smallest absolute Gasteiger partial charge is 0.338 e. The van der Waals surface area contributed by atoms with Crippen molar-refractivity contribution in [1.82, 2.24) is 5.32 Å². The van der Waals surface area contributed by atoms with E-state index in [1.165, 1.54) is 18.2 Å². The van der Waals surface area contributed by atoms with Gasteiger partial charge in [0.25, 0.3) is 0 Å². The zero-order valence-corrected chi connectivity index (χ0v) is 10.9. The lowest BCUT2D eigenvalue weighted by atomic mass is 10.1. The molecule has 0 amide bonds. The van der Waals surface area contributed by atoms with Gasteiger partial charge in [0.1, 0.15) is 5.82 Å². The lowest BCUT2D eigenvalue weighted by Gasteiger charge is -2.07. The summed E-state index contributed by atoms with van der Waals surface area (Å²) >= 11 is 0. The van der Waals surface area contributed by atoms with Crippen molar-refractivity contribution in [2.75, 3.05) is 0 Å². The molecule has 110 valence electrons. The van der Waals surface area contributed by atoms with E-state index in [4.69, 9.17) is 5.11 Å². The Labute approximate surface area is 119 Å². The number of hydrogen-bond acceptors (Lipinski definition) is 2. The van der Waals surface area contributed by atoms with E-state index in [1.807, 2.05) is 0 Å². The van der Waals surface area contributed by atoms with Gasteiger partial charge in [-0.2, -0.15) is 0 Å². The lowest BCUT2D eigenvalue weighted by Crippen LogP contribution is -2.13. The van der Waals surface area contributed by atoms with E-state index in [2.05, 4.69) is 5.32 Å². The molecule has 0 aliphatic carbocycles. The molecule has 0 aliphatic heterocycles. The number of carboxylic acid groups (broad SMARTS) is 1. The predicted molar refractivity (Wildman–Crippen MR) is 70.3 cm³/mol. The molecule has 0 heterocycles. The molecular formula is C15H12F3NO2. The molecule has 2 aromatic carbocycles. The van der Waals surface area contributed by atoms with Crippen LogP contribution in [-0.2, 0) is 13.1 Å². The monoisotopic (exact) mass is 295 g/mol. The third kappa shape index (κ3) is 3.82. The van der Waals surface area contributed by atoms with Crippen molar-refractivity contribution in [3.05, 3.63) is 70.5 Å². The first-order chi connectivity index (χ1) is 9.97. The highest BCUT2D eigenvalue weighted by molar-refractivity contribution is 5.87. The molecule has 2 aromatic rings. The van der Waals surface area contributed by atoms with E-state index < -0.39 is 23.4 Å². The Balaban J connectivity index is 1.95. The number of hydrogen-bond donors (Lipinski definition) is 2. The summed E-state index contributed by atoms with van der Waals surface area (Å²) in [6.45, 7) is 0.551. The van der Waals surface area contributed by atoms with Crippen LogP contribution < -0.4 is 5.32 Å². The van der Waals surface area contributed by atoms with Gasteiger partial charge in [0.2, 0.25) is 0 Å². The van der Waals surface area contributed by atoms with Crippen LogP contribution in [0.4, 0.5) is 13.2 Å². The highest BCUT2D eigenvalue weighted by Gasteiger charge is 2.10. The number of nitrogens with one attached hydrogen (secondary N) is 1. The van der Waals surface area contributed by atoms with Crippen molar-refractivity contribution in [2.45, 2.75) is 13.1 Å². The number of rotatable bonds is 5. The van der Waals surface area contributed by atoms with Crippen molar-refractivity contribution in [1.29, 1.82) is 0 Å². The van der Waals surface area contributed by atoms with Gasteiger partial charge in [-0.25, -0.2) is 18.0 Å².